The summed E-state index contributed by atoms with van der Waals surface area (Å²) in [7, 11) is 0. The highest BCUT2D eigenvalue weighted by atomic mass is 16.5. The highest BCUT2D eigenvalue weighted by molar-refractivity contribution is 5.93. The number of pyridine rings is 1. The zero-order chi connectivity index (χ0) is 18.2. The summed E-state index contributed by atoms with van der Waals surface area (Å²) in [5.74, 6) is 0.632. The van der Waals surface area contributed by atoms with Gasteiger partial charge in [0.05, 0.1) is 5.56 Å². The van der Waals surface area contributed by atoms with Crippen LogP contribution >= 0.6 is 0 Å². The highest BCUT2D eigenvalue weighted by Crippen LogP contribution is 1.94. The van der Waals surface area contributed by atoms with Crippen LogP contribution in [-0.2, 0) is 4.74 Å². The summed E-state index contributed by atoms with van der Waals surface area (Å²) < 4.78 is 5.52. The number of hydrogen-bond acceptors (Lipinski definition) is 4. The van der Waals surface area contributed by atoms with E-state index in [-0.39, 0.29) is 5.91 Å². The van der Waals surface area contributed by atoms with Gasteiger partial charge in [-0.25, -0.2) is 0 Å². The second kappa shape index (κ2) is 14.2. The number of unbranched alkanes of at least 4 members (excludes halogenated alkanes) is 1. The van der Waals surface area contributed by atoms with Crippen LogP contribution in [0.5, 0.6) is 0 Å². The van der Waals surface area contributed by atoms with Gasteiger partial charge in [-0.1, -0.05) is 13.3 Å². The molecule has 1 aromatic heterocycles. The minimum absolute atomic E-state index is 0.124. The number of aromatic nitrogens is 1. The monoisotopic (exact) mass is 349 g/mol. The first-order valence-corrected chi connectivity index (χ1v) is 9.06. The largest absolute Gasteiger partial charge is 0.381 e. The van der Waals surface area contributed by atoms with Crippen LogP contribution in [-0.4, -0.2) is 56.2 Å². The quantitative estimate of drug-likeness (QED) is 0.303. The lowest BCUT2D eigenvalue weighted by Crippen LogP contribution is -2.41. The van der Waals surface area contributed by atoms with Gasteiger partial charge in [0.25, 0.3) is 5.91 Å². The number of rotatable bonds is 12. The maximum Gasteiger partial charge on any atom is 0.252 e. The standard InChI is InChI=1S/C18H31N5O2/c1-3-5-13-25-14-7-10-22-18(20-4-2)23-12-11-21-17(24)16-8-6-9-19-15-16/h6,8-9,15H,3-5,7,10-14H2,1-2H3,(H,21,24)(H2,20,22,23). The Hall–Kier alpha value is -2.15. The number of carbonyl (C=O) groups excluding carboxylic acids is 1. The molecule has 0 saturated carbocycles. The van der Waals surface area contributed by atoms with Crippen LogP contribution in [0.4, 0.5) is 0 Å². The molecule has 0 unspecified atom stereocenters. The van der Waals surface area contributed by atoms with Crippen molar-refractivity contribution in [2.24, 2.45) is 4.99 Å². The van der Waals surface area contributed by atoms with Crippen LogP contribution in [0.2, 0.25) is 0 Å². The number of amides is 1. The van der Waals surface area contributed by atoms with Crippen molar-refractivity contribution in [3.63, 3.8) is 0 Å². The summed E-state index contributed by atoms with van der Waals surface area (Å²) in [6.07, 6.45) is 6.36. The lowest BCUT2D eigenvalue weighted by molar-refractivity contribution is 0.0954. The SMILES string of the molecule is CCCCOCCCN=C(NCC)NCCNC(=O)c1cccnc1. The van der Waals surface area contributed by atoms with Crippen LogP contribution in [0.3, 0.4) is 0 Å². The number of nitrogens with zero attached hydrogens (tertiary/aromatic N) is 2. The Morgan fingerprint density at radius 2 is 1.96 bits per heavy atom. The van der Waals surface area contributed by atoms with Crippen LogP contribution in [0.1, 0.15) is 43.5 Å². The Labute approximate surface area is 150 Å². The van der Waals surface area contributed by atoms with Crippen molar-refractivity contribution in [3.8, 4) is 0 Å². The van der Waals surface area contributed by atoms with Gasteiger partial charge < -0.3 is 20.7 Å². The molecule has 1 aromatic rings. The molecule has 0 atom stereocenters. The fourth-order valence-corrected chi connectivity index (χ4v) is 2.00. The number of ether oxygens (including phenoxy) is 1. The number of hydrogen-bond donors (Lipinski definition) is 3. The van der Waals surface area contributed by atoms with Crippen molar-refractivity contribution in [1.29, 1.82) is 0 Å². The third kappa shape index (κ3) is 10.3. The van der Waals surface area contributed by atoms with Gasteiger partial charge in [-0.3, -0.25) is 14.8 Å². The van der Waals surface area contributed by atoms with E-state index in [2.05, 4.69) is 32.9 Å². The molecule has 7 heteroatoms. The highest BCUT2D eigenvalue weighted by Gasteiger charge is 2.04. The van der Waals surface area contributed by atoms with Crippen LogP contribution in [0.25, 0.3) is 0 Å². The Balaban J connectivity index is 2.19. The van der Waals surface area contributed by atoms with Crippen molar-refractivity contribution >= 4 is 11.9 Å². The van der Waals surface area contributed by atoms with Crippen molar-refractivity contribution < 1.29 is 9.53 Å². The molecule has 1 heterocycles. The molecule has 0 bridgehead atoms. The predicted octanol–water partition coefficient (Wildman–Crippen LogP) is 1.57. The molecule has 1 rings (SSSR count). The Bertz CT molecular complexity index is 493. The average molecular weight is 349 g/mol. The lowest BCUT2D eigenvalue weighted by Gasteiger charge is -2.12. The van der Waals surface area contributed by atoms with Gasteiger partial charge in [0.1, 0.15) is 0 Å². The second-order valence-electron chi connectivity index (χ2n) is 5.50. The summed E-state index contributed by atoms with van der Waals surface area (Å²) in [5.41, 5.74) is 0.561. The van der Waals surface area contributed by atoms with Crippen molar-refractivity contribution in [1.82, 2.24) is 20.9 Å². The molecule has 0 aliphatic heterocycles. The Morgan fingerprint density at radius 1 is 1.16 bits per heavy atom. The molecular formula is C18H31N5O2. The van der Waals surface area contributed by atoms with Gasteiger partial charge >= 0.3 is 0 Å². The van der Waals surface area contributed by atoms with E-state index in [9.17, 15) is 4.79 Å². The molecule has 0 spiro atoms. The van der Waals surface area contributed by atoms with Crippen LogP contribution in [0.15, 0.2) is 29.5 Å². The Morgan fingerprint density at radius 3 is 2.68 bits per heavy atom. The molecule has 0 aliphatic carbocycles. The number of carbonyl (C=O) groups is 1. The first-order valence-electron chi connectivity index (χ1n) is 9.06. The van der Waals surface area contributed by atoms with Crippen molar-refractivity contribution in [2.45, 2.75) is 33.1 Å². The molecule has 0 fully saturated rings. The summed E-state index contributed by atoms with van der Waals surface area (Å²) in [6, 6.07) is 3.49. The van der Waals surface area contributed by atoms with E-state index >= 15 is 0 Å². The summed E-state index contributed by atoms with van der Waals surface area (Å²) in [5, 5.41) is 9.24. The maximum atomic E-state index is 11.9. The van der Waals surface area contributed by atoms with Crippen molar-refractivity contribution in [2.75, 3.05) is 39.4 Å². The van der Waals surface area contributed by atoms with E-state index < -0.39 is 0 Å². The number of aliphatic imine (C=N–C) groups is 1. The fourth-order valence-electron chi connectivity index (χ4n) is 2.00. The molecule has 3 N–H and O–H groups in total. The molecule has 0 saturated heterocycles. The number of guanidine groups is 1. The van der Waals surface area contributed by atoms with Gasteiger partial charge in [-0.15, -0.1) is 0 Å². The molecule has 140 valence electrons. The van der Waals surface area contributed by atoms with Gasteiger partial charge in [-0.05, 0) is 31.9 Å². The van der Waals surface area contributed by atoms with Crippen LogP contribution in [0, 0.1) is 0 Å². The van der Waals surface area contributed by atoms with E-state index in [0.717, 1.165) is 45.0 Å². The van der Waals surface area contributed by atoms with Gasteiger partial charge in [0.15, 0.2) is 5.96 Å². The van der Waals surface area contributed by atoms with Gasteiger partial charge in [0, 0.05) is 51.8 Å². The average Bonchev–Trinajstić information content (AvgIpc) is 2.64. The molecule has 7 nitrogen and oxygen atoms in total. The second-order valence-corrected chi connectivity index (χ2v) is 5.50. The third-order valence-corrected chi connectivity index (χ3v) is 3.33. The topological polar surface area (TPSA) is 87.6 Å². The zero-order valence-electron chi connectivity index (χ0n) is 15.4. The first-order chi connectivity index (χ1) is 12.3. The normalized spacial score (nSPS) is 11.2. The molecule has 0 aliphatic rings. The van der Waals surface area contributed by atoms with E-state index in [0.29, 0.717) is 25.2 Å². The van der Waals surface area contributed by atoms with E-state index in [1.54, 1.807) is 24.5 Å². The smallest absolute Gasteiger partial charge is 0.252 e. The Kier molecular flexibility index (Phi) is 11.9. The minimum atomic E-state index is -0.124. The molecule has 0 aromatic carbocycles. The van der Waals surface area contributed by atoms with Gasteiger partial charge in [0.2, 0.25) is 0 Å². The molecule has 25 heavy (non-hydrogen) atoms. The number of nitrogens with one attached hydrogen (secondary N) is 3. The molecule has 1 amide bonds. The third-order valence-electron chi connectivity index (χ3n) is 3.33. The first kappa shape index (κ1) is 20.9. The summed E-state index contributed by atoms with van der Waals surface area (Å²) >= 11 is 0. The lowest BCUT2D eigenvalue weighted by atomic mass is 10.3. The summed E-state index contributed by atoms with van der Waals surface area (Å²) in [4.78, 5) is 20.3. The summed E-state index contributed by atoms with van der Waals surface area (Å²) in [6.45, 7) is 8.36. The van der Waals surface area contributed by atoms with Crippen molar-refractivity contribution in [3.05, 3.63) is 30.1 Å². The maximum absolute atomic E-state index is 11.9. The van der Waals surface area contributed by atoms with Gasteiger partial charge in [-0.2, -0.15) is 0 Å². The zero-order valence-corrected chi connectivity index (χ0v) is 15.4. The van der Waals surface area contributed by atoms with Crippen LogP contribution < -0.4 is 16.0 Å². The predicted molar refractivity (Wildman–Crippen MR) is 101 cm³/mol. The molecule has 0 radical (unpaired) electrons. The van der Waals surface area contributed by atoms with E-state index in [1.165, 1.54) is 0 Å². The fraction of sp³-hybridized carbons (Fsp3) is 0.611. The van der Waals surface area contributed by atoms with E-state index in [4.69, 9.17) is 4.74 Å². The molecular weight excluding hydrogens is 318 g/mol. The van der Waals surface area contributed by atoms with E-state index in [1.807, 2.05) is 6.92 Å². The minimum Gasteiger partial charge on any atom is -0.381 e.